The average Bonchev–Trinajstić information content (AvgIpc) is 2.65. The van der Waals surface area contributed by atoms with Gasteiger partial charge >= 0.3 is 0 Å². The topological polar surface area (TPSA) is 45.2 Å². The highest BCUT2D eigenvalue weighted by atomic mass is 16.2. The molecule has 1 aromatic rings. The number of amides is 1. The van der Waals surface area contributed by atoms with Crippen LogP contribution in [0.3, 0.4) is 0 Å². The van der Waals surface area contributed by atoms with Gasteiger partial charge in [-0.1, -0.05) is 0 Å². The van der Waals surface area contributed by atoms with E-state index < -0.39 is 0 Å². The monoisotopic (exact) mass is 189 g/mol. The van der Waals surface area contributed by atoms with E-state index in [0.717, 1.165) is 0 Å². The van der Waals surface area contributed by atoms with Gasteiger partial charge in [-0.05, 0) is 25.1 Å². The van der Waals surface area contributed by atoms with Gasteiger partial charge in [0.15, 0.2) is 0 Å². The van der Waals surface area contributed by atoms with E-state index in [1.54, 1.807) is 35.7 Å². The van der Waals surface area contributed by atoms with Crippen LogP contribution in [0.25, 0.3) is 0 Å². The Morgan fingerprint density at radius 3 is 3.07 bits per heavy atom. The van der Waals surface area contributed by atoms with Crippen LogP contribution < -0.4 is 5.43 Å². The van der Waals surface area contributed by atoms with Crippen molar-refractivity contribution < 1.29 is 4.79 Å². The first-order valence-electron chi connectivity index (χ1n) is 4.45. The van der Waals surface area contributed by atoms with Crippen LogP contribution in [0.15, 0.2) is 36.8 Å². The highest BCUT2D eigenvalue weighted by Crippen LogP contribution is 2.09. The van der Waals surface area contributed by atoms with Gasteiger partial charge in [-0.25, -0.2) is 5.01 Å². The summed E-state index contributed by atoms with van der Waals surface area (Å²) in [7, 11) is 0. The third kappa shape index (κ3) is 1.46. The highest BCUT2D eigenvalue weighted by molar-refractivity contribution is 5.94. The quantitative estimate of drug-likeness (QED) is 0.715. The minimum Gasteiger partial charge on any atom is -0.303 e. The zero-order chi connectivity index (χ0) is 9.97. The fourth-order valence-electron chi connectivity index (χ4n) is 1.34. The van der Waals surface area contributed by atoms with Gasteiger partial charge in [0, 0.05) is 18.6 Å². The van der Waals surface area contributed by atoms with E-state index >= 15 is 0 Å². The molecule has 4 nitrogen and oxygen atoms in total. The number of carbonyl (C=O) groups excluding carboxylic acids is 1. The third-order valence-electron chi connectivity index (χ3n) is 2.12. The summed E-state index contributed by atoms with van der Waals surface area (Å²) >= 11 is 0. The molecule has 1 aromatic heterocycles. The summed E-state index contributed by atoms with van der Waals surface area (Å²) in [6.45, 7) is 1.95. The van der Waals surface area contributed by atoms with E-state index in [4.69, 9.17) is 0 Å². The minimum absolute atomic E-state index is 0.0596. The van der Waals surface area contributed by atoms with Crippen molar-refractivity contribution in [2.45, 2.75) is 13.0 Å². The lowest BCUT2D eigenvalue weighted by atomic mass is 10.2. The molecule has 0 fully saturated rings. The van der Waals surface area contributed by atoms with Crippen LogP contribution in [0.5, 0.6) is 0 Å². The maximum absolute atomic E-state index is 11.8. The predicted molar refractivity (Wildman–Crippen MR) is 52.1 cm³/mol. The summed E-state index contributed by atoms with van der Waals surface area (Å²) in [5.74, 6) is -0.0596. The van der Waals surface area contributed by atoms with Crippen LogP contribution in [-0.2, 0) is 0 Å². The van der Waals surface area contributed by atoms with Crippen molar-refractivity contribution in [2.24, 2.45) is 0 Å². The van der Waals surface area contributed by atoms with Gasteiger partial charge in [0.05, 0.1) is 11.6 Å². The van der Waals surface area contributed by atoms with Crippen LogP contribution in [0.1, 0.15) is 17.3 Å². The Morgan fingerprint density at radius 2 is 2.50 bits per heavy atom. The Labute approximate surface area is 82.2 Å². The van der Waals surface area contributed by atoms with Gasteiger partial charge in [0.1, 0.15) is 0 Å². The van der Waals surface area contributed by atoms with Crippen molar-refractivity contribution >= 4 is 5.91 Å². The highest BCUT2D eigenvalue weighted by Gasteiger charge is 2.22. The average molecular weight is 189 g/mol. The number of hydrogen-bond donors (Lipinski definition) is 1. The first-order valence-corrected chi connectivity index (χ1v) is 4.45. The van der Waals surface area contributed by atoms with Crippen LogP contribution in [0.4, 0.5) is 0 Å². The zero-order valence-electron chi connectivity index (χ0n) is 7.84. The Balaban J connectivity index is 2.17. The molecule has 0 spiro atoms. The van der Waals surface area contributed by atoms with E-state index in [1.165, 1.54) is 0 Å². The Kier molecular flexibility index (Phi) is 2.18. The fraction of sp³-hybridized carbons (Fsp3) is 0.200. The first kappa shape index (κ1) is 8.74. The van der Waals surface area contributed by atoms with Gasteiger partial charge in [0.2, 0.25) is 0 Å². The molecule has 1 amide bonds. The Hall–Kier alpha value is -1.84. The van der Waals surface area contributed by atoms with Crippen molar-refractivity contribution in [3.63, 3.8) is 0 Å². The van der Waals surface area contributed by atoms with Crippen molar-refractivity contribution in [3.8, 4) is 0 Å². The standard InChI is InChI=1S/C10H11N3O/c1-8-4-6-12-13(8)10(14)9-3-2-5-11-7-9/h2-8,12H,1H3/t8-/m1/s1. The van der Waals surface area contributed by atoms with E-state index in [0.29, 0.717) is 5.56 Å². The van der Waals surface area contributed by atoms with Crippen LogP contribution in [0.2, 0.25) is 0 Å². The van der Waals surface area contributed by atoms with Gasteiger partial charge in [-0.2, -0.15) is 0 Å². The lowest BCUT2D eigenvalue weighted by Crippen LogP contribution is -2.41. The van der Waals surface area contributed by atoms with Gasteiger partial charge < -0.3 is 5.43 Å². The number of nitrogens with one attached hydrogen (secondary N) is 1. The molecule has 0 unspecified atom stereocenters. The Bertz CT molecular complexity index is 361. The molecule has 14 heavy (non-hydrogen) atoms. The number of pyridine rings is 1. The number of hydrogen-bond acceptors (Lipinski definition) is 3. The van der Waals surface area contributed by atoms with E-state index in [9.17, 15) is 4.79 Å². The molecule has 0 radical (unpaired) electrons. The van der Waals surface area contributed by atoms with E-state index in [-0.39, 0.29) is 11.9 Å². The van der Waals surface area contributed by atoms with Gasteiger partial charge in [-0.3, -0.25) is 9.78 Å². The number of hydrazine groups is 1. The number of nitrogens with zero attached hydrogens (tertiary/aromatic N) is 2. The summed E-state index contributed by atoms with van der Waals surface area (Å²) in [4.78, 5) is 15.7. The zero-order valence-corrected chi connectivity index (χ0v) is 7.84. The first-order chi connectivity index (χ1) is 6.79. The molecule has 1 N–H and O–H groups in total. The molecule has 2 heterocycles. The molecule has 72 valence electrons. The molecule has 1 aliphatic rings. The normalized spacial score (nSPS) is 19.5. The fourth-order valence-corrected chi connectivity index (χ4v) is 1.34. The van der Waals surface area contributed by atoms with Crippen molar-refractivity contribution in [1.82, 2.24) is 15.4 Å². The molecule has 0 bridgehead atoms. The summed E-state index contributed by atoms with van der Waals surface area (Å²) in [6.07, 6.45) is 6.90. The van der Waals surface area contributed by atoms with Crippen molar-refractivity contribution in [3.05, 3.63) is 42.4 Å². The largest absolute Gasteiger partial charge is 0.303 e. The minimum atomic E-state index is -0.0596. The molecule has 0 saturated carbocycles. The SMILES string of the molecule is C[C@@H]1C=CNN1C(=O)c1cccnc1. The molecule has 0 aliphatic carbocycles. The lowest BCUT2D eigenvalue weighted by molar-refractivity contribution is 0.0681. The van der Waals surface area contributed by atoms with Crippen LogP contribution >= 0.6 is 0 Å². The number of carbonyl (C=O) groups is 1. The molecule has 0 saturated heterocycles. The summed E-state index contributed by atoms with van der Waals surface area (Å²) < 4.78 is 0. The van der Waals surface area contributed by atoms with Crippen molar-refractivity contribution in [1.29, 1.82) is 0 Å². The second-order valence-electron chi connectivity index (χ2n) is 3.15. The second kappa shape index (κ2) is 3.49. The molecule has 0 aromatic carbocycles. The van der Waals surface area contributed by atoms with Crippen LogP contribution in [-0.4, -0.2) is 21.9 Å². The predicted octanol–water partition coefficient (Wildman–Crippen LogP) is 0.944. The van der Waals surface area contributed by atoms with Gasteiger partial charge in [0.25, 0.3) is 5.91 Å². The maximum atomic E-state index is 11.8. The molecular formula is C10H11N3O. The third-order valence-corrected chi connectivity index (χ3v) is 2.12. The maximum Gasteiger partial charge on any atom is 0.274 e. The molecule has 2 rings (SSSR count). The summed E-state index contributed by atoms with van der Waals surface area (Å²) in [5.41, 5.74) is 3.47. The molecule has 4 heteroatoms. The summed E-state index contributed by atoms with van der Waals surface area (Å²) in [6, 6.07) is 3.59. The molecular weight excluding hydrogens is 178 g/mol. The smallest absolute Gasteiger partial charge is 0.274 e. The van der Waals surface area contributed by atoms with E-state index in [2.05, 4.69) is 10.4 Å². The lowest BCUT2D eigenvalue weighted by Gasteiger charge is -2.21. The number of rotatable bonds is 1. The van der Waals surface area contributed by atoms with E-state index in [1.807, 2.05) is 13.0 Å². The number of aromatic nitrogens is 1. The van der Waals surface area contributed by atoms with Crippen molar-refractivity contribution in [2.75, 3.05) is 0 Å². The van der Waals surface area contributed by atoms with Crippen LogP contribution in [0, 0.1) is 0 Å². The van der Waals surface area contributed by atoms with Gasteiger partial charge in [-0.15, -0.1) is 0 Å². The molecule has 1 aliphatic heterocycles. The Morgan fingerprint density at radius 1 is 1.64 bits per heavy atom. The second-order valence-corrected chi connectivity index (χ2v) is 3.15. The summed E-state index contributed by atoms with van der Waals surface area (Å²) in [5, 5.41) is 1.57. The molecule has 1 atom stereocenters.